The van der Waals surface area contributed by atoms with Crippen LogP contribution in [0.25, 0.3) is 10.9 Å². The minimum absolute atomic E-state index is 0.106. The van der Waals surface area contributed by atoms with Gasteiger partial charge in [-0.2, -0.15) is 5.26 Å². The lowest BCUT2D eigenvalue weighted by atomic mass is 9.78. The summed E-state index contributed by atoms with van der Waals surface area (Å²) < 4.78 is 1.87. The summed E-state index contributed by atoms with van der Waals surface area (Å²) in [5.41, 5.74) is 1.89. The van der Waals surface area contributed by atoms with Crippen molar-refractivity contribution in [1.29, 1.82) is 5.26 Å². The molecule has 4 nitrogen and oxygen atoms in total. The standard InChI is InChI=1S/C15H15N3O/c1-15(2)10(8-16)12-9-6-4-5-7-11(9)18(3)13(12)14(19)17-15/h4-7,10H,1-3H3,(H,17,19). The van der Waals surface area contributed by atoms with E-state index < -0.39 is 5.54 Å². The average Bonchev–Trinajstić information content (AvgIpc) is 2.64. The fourth-order valence-electron chi connectivity index (χ4n) is 3.00. The number of carbonyl (C=O) groups excluding carboxylic acids is 1. The van der Waals surface area contributed by atoms with Crippen molar-refractivity contribution < 1.29 is 4.79 Å². The number of aryl methyl sites for hydroxylation is 1. The van der Waals surface area contributed by atoms with Crippen molar-refractivity contribution in [2.75, 3.05) is 0 Å². The van der Waals surface area contributed by atoms with Gasteiger partial charge in [0, 0.05) is 23.5 Å². The van der Waals surface area contributed by atoms with Gasteiger partial charge in [-0.3, -0.25) is 4.79 Å². The van der Waals surface area contributed by atoms with Crippen LogP contribution in [0.5, 0.6) is 0 Å². The zero-order chi connectivity index (χ0) is 13.8. The van der Waals surface area contributed by atoms with Gasteiger partial charge in [0.05, 0.1) is 17.5 Å². The molecule has 0 saturated heterocycles. The minimum Gasteiger partial charge on any atom is -0.344 e. The van der Waals surface area contributed by atoms with E-state index in [0.29, 0.717) is 5.69 Å². The van der Waals surface area contributed by atoms with E-state index in [4.69, 9.17) is 0 Å². The summed E-state index contributed by atoms with van der Waals surface area (Å²) in [4.78, 5) is 12.3. The highest BCUT2D eigenvalue weighted by Crippen LogP contribution is 2.40. The Kier molecular flexibility index (Phi) is 2.24. The SMILES string of the molecule is Cn1c2c(c3ccccc31)C(C#N)C(C)(C)NC2=O. The number of nitriles is 1. The van der Waals surface area contributed by atoms with E-state index in [1.807, 2.05) is 49.7 Å². The molecule has 0 bridgehead atoms. The lowest BCUT2D eigenvalue weighted by Crippen LogP contribution is -2.52. The molecule has 1 N–H and O–H groups in total. The smallest absolute Gasteiger partial charge is 0.268 e. The Hall–Kier alpha value is -2.28. The van der Waals surface area contributed by atoms with Gasteiger partial charge < -0.3 is 9.88 Å². The van der Waals surface area contributed by atoms with Crippen LogP contribution in [-0.2, 0) is 7.05 Å². The maximum absolute atomic E-state index is 12.3. The number of rotatable bonds is 0. The third kappa shape index (κ3) is 1.42. The van der Waals surface area contributed by atoms with Gasteiger partial charge in [0.25, 0.3) is 5.91 Å². The van der Waals surface area contributed by atoms with Crippen LogP contribution in [0.3, 0.4) is 0 Å². The normalized spacial score (nSPS) is 20.7. The summed E-state index contributed by atoms with van der Waals surface area (Å²) >= 11 is 0. The molecule has 96 valence electrons. The Labute approximate surface area is 111 Å². The van der Waals surface area contributed by atoms with Crippen LogP contribution < -0.4 is 5.32 Å². The van der Waals surface area contributed by atoms with Crippen LogP contribution in [0.2, 0.25) is 0 Å². The highest BCUT2D eigenvalue weighted by atomic mass is 16.2. The number of fused-ring (bicyclic) bond motifs is 3. The molecular weight excluding hydrogens is 238 g/mol. The van der Waals surface area contributed by atoms with Crippen LogP contribution in [0.15, 0.2) is 24.3 Å². The molecule has 1 atom stereocenters. The highest BCUT2D eigenvalue weighted by Gasteiger charge is 2.42. The molecule has 2 heterocycles. The molecule has 1 aromatic carbocycles. The van der Waals surface area contributed by atoms with E-state index in [1.165, 1.54) is 0 Å². The van der Waals surface area contributed by atoms with Crippen LogP contribution >= 0.6 is 0 Å². The molecule has 1 aliphatic heterocycles. The number of amides is 1. The quantitative estimate of drug-likeness (QED) is 0.783. The lowest BCUT2D eigenvalue weighted by Gasteiger charge is -2.35. The van der Waals surface area contributed by atoms with E-state index in [-0.39, 0.29) is 11.8 Å². The van der Waals surface area contributed by atoms with Crippen LogP contribution in [-0.4, -0.2) is 16.0 Å². The van der Waals surface area contributed by atoms with Gasteiger partial charge in [0.15, 0.2) is 0 Å². The maximum Gasteiger partial charge on any atom is 0.268 e. The first-order valence-electron chi connectivity index (χ1n) is 6.27. The van der Waals surface area contributed by atoms with E-state index in [2.05, 4.69) is 11.4 Å². The number of hydrogen-bond acceptors (Lipinski definition) is 2. The first-order chi connectivity index (χ1) is 8.97. The van der Waals surface area contributed by atoms with Gasteiger partial charge in [-0.1, -0.05) is 18.2 Å². The van der Waals surface area contributed by atoms with Crippen molar-refractivity contribution in [3.05, 3.63) is 35.5 Å². The average molecular weight is 253 g/mol. The summed E-state index contributed by atoms with van der Waals surface area (Å²) in [5, 5.41) is 13.4. The predicted octanol–water partition coefficient (Wildman–Crippen LogP) is 2.31. The Morgan fingerprint density at radius 1 is 1.37 bits per heavy atom. The largest absolute Gasteiger partial charge is 0.344 e. The van der Waals surface area contributed by atoms with Crippen molar-refractivity contribution in [3.8, 4) is 6.07 Å². The number of carbonyl (C=O) groups is 1. The fourth-order valence-corrected chi connectivity index (χ4v) is 3.00. The van der Waals surface area contributed by atoms with Gasteiger partial charge in [0.1, 0.15) is 5.69 Å². The zero-order valence-corrected chi connectivity index (χ0v) is 11.2. The molecule has 1 aromatic heterocycles. The second-order valence-corrected chi connectivity index (χ2v) is 5.58. The molecule has 0 fully saturated rings. The number of benzene rings is 1. The van der Waals surface area contributed by atoms with Crippen LogP contribution in [0.4, 0.5) is 0 Å². The number of hydrogen-bond donors (Lipinski definition) is 1. The summed E-state index contributed by atoms with van der Waals surface area (Å²) in [6, 6.07) is 10.2. The Balaban J connectivity index is 2.45. The molecule has 0 saturated carbocycles. The molecule has 3 rings (SSSR count). The van der Waals surface area contributed by atoms with Crippen molar-refractivity contribution in [2.45, 2.75) is 25.3 Å². The van der Waals surface area contributed by atoms with E-state index in [1.54, 1.807) is 0 Å². The molecule has 19 heavy (non-hydrogen) atoms. The van der Waals surface area contributed by atoms with E-state index in [9.17, 15) is 10.1 Å². The summed E-state index contributed by atoms with van der Waals surface area (Å²) in [7, 11) is 1.87. The summed E-state index contributed by atoms with van der Waals surface area (Å²) in [6.07, 6.45) is 0. The number of nitrogens with one attached hydrogen (secondary N) is 1. The third-order valence-corrected chi connectivity index (χ3v) is 3.94. The van der Waals surface area contributed by atoms with Crippen LogP contribution in [0, 0.1) is 11.3 Å². The van der Waals surface area contributed by atoms with Crippen molar-refractivity contribution in [3.63, 3.8) is 0 Å². The fraction of sp³-hybridized carbons (Fsp3) is 0.333. The summed E-state index contributed by atoms with van der Waals surface area (Å²) in [6.45, 7) is 3.78. The maximum atomic E-state index is 12.3. The number of aromatic nitrogens is 1. The van der Waals surface area contributed by atoms with Gasteiger partial charge in [-0.05, 0) is 19.9 Å². The molecule has 0 aliphatic carbocycles. The number of para-hydroxylation sites is 1. The second-order valence-electron chi connectivity index (χ2n) is 5.58. The first kappa shape index (κ1) is 11.8. The van der Waals surface area contributed by atoms with Crippen molar-refractivity contribution in [1.82, 2.24) is 9.88 Å². The molecular formula is C15H15N3O. The molecule has 1 aliphatic rings. The second kappa shape index (κ2) is 3.61. The molecule has 1 unspecified atom stereocenters. The predicted molar refractivity (Wildman–Crippen MR) is 72.8 cm³/mol. The first-order valence-corrected chi connectivity index (χ1v) is 6.27. The molecule has 2 aromatic rings. The third-order valence-electron chi connectivity index (χ3n) is 3.94. The highest BCUT2D eigenvalue weighted by molar-refractivity contribution is 6.04. The van der Waals surface area contributed by atoms with Crippen LogP contribution in [0.1, 0.15) is 35.8 Å². The Morgan fingerprint density at radius 2 is 2.05 bits per heavy atom. The molecule has 0 spiro atoms. The van der Waals surface area contributed by atoms with Gasteiger partial charge in [-0.25, -0.2) is 0 Å². The summed E-state index contributed by atoms with van der Waals surface area (Å²) in [5.74, 6) is -0.448. The topological polar surface area (TPSA) is 57.8 Å². The number of nitrogens with zero attached hydrogens (tertiary/aromatic N) is 2. The van der Waals surface area contributed by atoms with E-state index >= 15 is 0 Å². The molecule has 4 heteroatoms. The molecule has 1 amide bonds. The van der Waals surface area contributed by atoms with E-state index in [0.717, 1.165) is 16.5 Å². The Bertz CT molecular complexity index is 734. The molecule has 0 radical (unpaired) electrons. The Morgan fingerprint density at radius 3 is 2.74 bits per heavy atom. The monoisotopic (exact) mass is 253 g/mol. The minimum atomic E-state index is -0.553. The van der Waals surface area contributed by atoms with Crippen molar-refractivity contribution in [2.24, 2.45) is 7.05 Å². The zero-order valence-electron chi connectivity index (χ0n) is 11.2. The van der Waals surface area contributed by atoms with Gasteiger partial charge >= 0.3 is 0 Å². The van der Waals surface area contributed by atoms with Crippen molar-refractivity contribution >= 4 is 16.8 Å². The van der Waals surface area contributed by atoms with Gasteiger partial charge in [0.2, 0.25) is 0 Å². The lowest BCUT2D eigenvalue weighted by molar-refractivity contribution is 0.0880. The van der Waals surface area contributed by atoms with Gasteiger partial charge in [-0.15, -0.1) is 0 Å².